The Morgan fingerprint density at radius 3 is 2.94 bits per heavy atom. The van der Waals surface area contributed by atoms with Gasteiger partial charge in [-0.15, -0.1) is 0 Å². The fourth-order valence-electron chi connectivity index (χ4n) is 2.22. The number of aryl methyl sites for hydroxylation is 1. The van der Waals surface area contributed by atoms with Crippen molar-refractivity contribution in [3.63, 3.8) is 0 Å². The van der Waals surface area contributed by atoms with E-state index >= 15 is 0 Å². The van der Waals surface area contributed by atoms with Crippen molar-refractivity contribution in [3.05, 3.63) is 29.8 Å². The highest BCUT2D eigenvalue weighted by atomic mass is 16.3. The molecule has 0 radical (unpaired) electrons. The molecule has 98 valence electrons. The van der Waals surface area contributed by atoms with Crippen LogP contribution in [0.4, 0.5) is 0 Å². The van der Waals surface area contributed by atoms with E-state index in [1.807, 2.05) is 17.0 Å². The van der Waals surface area contributed by atoms with Gasteiger partial charge < -0.3 is 15.3 Å². The van der Waals surface area contributed by atoms with Crippen molar-refractivity contribution >= 4 is 5.91 Å². The molecular formula is C14H20N2O2. The summed E-state index contributed by atoms with van der Waals surface area (Å²) in [4.78, 5) is 14.0. The van der Waals surface area contributed by atoms with E-state index in [1.54, 1.807) is 12.1 Å². The van der Waals surface area contributed by atoms with Crippen LogP contribution < -0.4 is 5.32 Å². The van der Waals surface area contributed by atoms with Crippen molar-refractivity contribution in [2.75, 3.05) is 26.2 Å². The molecule has 0 atom stereocenters. The van der Waals surface area contributed by atoms with Crippen molar-refractivity contribution in [1.82, 2.24) is 10.2 Å². The summed E-state index contributed by atoms with van der Waals surface area (Å²) < 4.78 is 0. The fourth-order valence-corrected chi connectivity index (χ4v) is 2.22. The van der Waals surface area contributed by atoms with Crippen LogP contribution in [0.25, 0.3) is 0 Å². The molecule has 1 aliphatic rings. The fraction of sp³-hybridized carbons (Fsp3) is 0.500. The number of benzene rings is 1. The van der Waals surface area contributed by atoms with E-state index < -0.39 is 0 Å². The van der Waals surface area contributed by atoms with Crippen LogP contribution in [0.1, 0.15) is 18.4 Å². The molecule has 1 saturated heterocycles. The number of rotatable bonds is 3. The van der Waals surface area contributed by atoms with Crippen molar-refractivity contribution in [2.45, 2.75) is 19.3 Å². The van der Waals surface area contributed by atoms with E-state index in [0.29, 0.717) is 12.8 Å². The highest BCUT2D eigenvalue weighted by molar-refractivity contribution is 5.76. The van der Waals surface area contributed by atoms with Crippen molar-refractivity contribution in [3.8, 4) is 5.75 Å². The molecule has 4 heteroatoms. The lowest BCUT2D eigenvalue weighted by Gasteiger charge is -2.19. The lowest BCUT2D eigenvalue weighted by atomic mass is 10.1. The summed E-state index contributed by atoms with van der Waals surface area (Å²) in [7, 11) is 0. The Bertz CT molecular complexity index is 399. The van der Waals surface area contributed by atoms with Gasteiger partial charge in [0.05, 0.1) is 0 Å². The van der Waals surface area contributed by atoms with Crippen molar-refractivity contribution in [2.24, 2.45) is 0 Å². The van der Waals surface area contributed by atoms with Crippen LogP contribution in [0.2, 0.25) is 0 Å². The molecule has 1 fully saturated rings. The summed E-state index contributed by atoms with van der Waals surface area (Å²) in [5.41, 5.74) is 0.846. The van der Waals surface area contributed by atoms with Gasteiger partial charge in [-0.25, -0.2) is 0 Å². The SMILES string of the molecule is O=C(CCc1ccccc1O)N1CCCNCC1. The number of nitrogens with zero attached hydrogens (tertiary/aromatic N) is 1. The van der Waals surface area contributed by atoms with Gasteiger partial charge in [-0.2, -0.15) is 0 Å². The largest absolute Gasteiger partial charge is 0.508 e. The van der Waals surface area contributed by atoms with E-state index in [4.69, 9.17) is 0 Å². The first-order chi connectivity index (χ1) is 8.77. The number of carbonyl (C=O) groups is 1. The molecule has 0 aromatic heterocycles. The molecule has 0 aliphatic carbocycles. The first kappa shape index (κ1) is 12.9. The number of para-hydroxylation sites is 1. The van der Waals surface area contributed by atoms with Gasteiger partial charge >= 0.3 is 0 Å². The predicted octanol–water partition coefficient (Wildman–Crippen LogP) is 1.15. The molecule has 2 N–H and O–H groups in total. The number of carbonyl (C=O) groups excluding carboxylic acids is 1. The first-order valence-electron chi connectivity index (χ1n) is 6.53. The van der Waals surface area contributed by atoms with Gasteiger partial charge in [-0.05, 0) is 31.0 Å². The Morgan fingerprint density at radius 2 is 2.11 bits per heavy atom. The van der Waals surface area contributed by atoms with Gasteiger partial charge in [-0.1, -0.05) is 18.2 Å². The monoisotopic (exact) mass is 248 g/mol. The zero-order valence-electron chi connectivity index (χ0n) is 10.6. The van der Waals surface area contributed by atoms with Gasteiger partial charge in [0.25, 0.3) is 0 Å². The van der Waals surface area contributed by atoms with Gasteiger partial charge in [0.1, 0.15) is 5.75 Å². The number of phenols is 1. The van der Waals surface area contributed by atoms with Crippen LogP contribution in [0.5, 0.6) is 5.75 Å². The summed E-state index contributed by atoms with van der Waals surface area (Å²) in [6.45, 7) is 3.50. The summed E-state index contributed by atoms with van der Waals surface area (Å²) >= 11 is 0. The second-order valence-electron chi connectivity index (χ2n) is 4.61. The van der Waals surface area contributed by atoms with Crippen LogP contribution in [0.15, 0.2) is 24.3 Å². The van der Waals surface area contributed by atoms with Crippen molar-refractivity contribution < 1.29 is 9.90 Å². The minimum Gasteiger partial charge on any atom is -0.508 e. The van der Waals surface area contributed by atoms with Gasteiger partial charge in [0.2, 0.25) is 5.91 Å². The lowest BCUT2D eigenvalue weighted by molar-refractivity contribution is -0.130. The highest BCUT2D eigenvalue weighted by Crippen LogP contribution is 2.17. The van der Waals surface area contributed by atoms with Gasteiger partial charge in [0, 0.05) is 26.1 Å². The predicted molar refractivity (Wildman–Crippen MR) is 70.5 cm³/mol. The molecule has 1 amide bonds. The third kappa shape index (κ3) is 3.47. The van der Waals surface area contributed by atoms with Crippen LogP contribution in [0.3, 0.4) is 0 Å². The third-order valence-electron chi connectivity index (χ3n) is 3.29. The van der Waals surface area contributed by atoms with E-state index in [2.05, 4.69) is 5.32 Å². The Hall–Kier alpha value is -1.55. The molecule has 0 unspecified atom stereocenters. The smallest absolute Gasteiger partial charge is 0.222 e. The maximum Gasteiger partial charge on any atom is 0.222 e. The molecule has 18 heavy (non-hydrogen) atoms. The highest BCUT2D eigenvalue weighted by Gasteiger charge is 2.15. The van der Waals surface area contributed by atoms with Gasteiger partial charge in [0.15, 0.2) is 0 Å². The Morgan fingerprint density at radius 1 is 1.28 bits per heavy atom. The number of hydrogen-bond acceptors (Lipinski definition) is 3. The molecule has 4 nitrogen and oxygen atoms in total. The number of amides is 1. The molecule has 1 aromatic rings. The minimum absolute atomic E-state index is 0.182. The van der Waals surface area contributed by atoms with Crippen LogP contribution in [-0.4, -0.2) is 42.1 Å². The standard InChI is InChI=1S/C14H20N2O2/c17-13-5-2-1-4-12(13)6-7-14(18)16-10-3-8-15-9-11-16/h1-2,4-5,15,17H,3,6-11H2. The third-order valence-corrected chi connectivity index (χ3v) is 3.29. The summed E-state index contributed by atoms with van der Waals surface area (Å²) in [6.07, 6.45) is 2.09. The van der Waals surface area contributed by atoms with Gasteiger partial charge in [-0.3, -0.25) is 4.79 Å². The Labute approximate surface area is 108 Å². The number of hydrogen-bond donors (Lipinski definition) is 2. The maximum atomic E-state index is 12.1. The molecule has 1 heterocycles. The van der Waals surface area contributed by atoms with E-state index in [0.717, 1.165) is 38.2 Å². The summed E-state index contributed by atoms with van der Waals surface area (Å²) in [5, 5.41) is 12.9. The van der Waals surface area contributed by atoms with E-state index in [-0.39, 0.29) is 11.7 Å². The molecule has 1 aromatic carbocycles. The molecule has 0 bridgehead atoms. The molecule has 1 aliphatic heterocycles. The normalized spacial score (nSPS) is 16.3. The van der Waals surface area contributed by atoms with Crippen LogP contribution in [0, 0.1) is 0 Å². The minimum atomic E-state index is 0.182. The lowest BCUT2D eigenvalue weighted by Crippen LogP contribution is -2.34. The van der Waals surface area contributed by atoms with Crippen molar-refractivity contribution in [1.29, 1.82) is 0 Å². The molecule has 0 spiro atoms. The molecular weight excluding hydrogens is 228 g/mol. The zero-order valence-corrected chi connectivity index (χ0v) is 10.6. The summed E-state index contributed by atoms with van der Waals surface area (Å²) in [5.74, 6) is 0.463. The summed E-state index contributed by atoms with van der Waals surface area (Å²) in [6, 6.07) is 7.21. The average molecular weight is 248 g/mol. The second-order valence-corrected chi connectivity index (χ2v) is 4.61. The van der Waals surface area contributed by atoms with E-state index in [1.165, 1.54) is 0 Å². The number of nitrogens with one attached hydrogen (secondary N) is 1. The quantitative estimate of drug-likeness (QED) is 0.843. The number of aromatic hydroxyl groups is 1. The molecule has 2 rings (SSSR count). The molecule has 0 saturated carbocycles. The zero-order chi connectivity index (χ0) is 12.8. The van der Waals surface area contributed by atoms with Crippen LogP contribution in [-0.2, 0) is 11.2 Å². The maximum absolute atomic E-state index is 12.1. The van der Waals surface area contributed by atoms with Crippen LogP contribution >= 0.6 is 0 Å². The Kier molecular flexibility index (Phi) is 4.59. The topological polar surface area (TPSA) is 52.6 Å². The Balaban J connectivity index is 1.86. The number of phenolic OH excluding ortho intramolecular Hbond substituents is 1. The second kappa shape index (κ2) is 6.40. The first-order valence-corrected chi connectivity index (χ1v) is 6.53. The average Bonchev–Trinajstić information content (AvgIpc) is 2.66. The van der Waals surface area contributed by atoms with E-state index in [9.17, 15) is 9.90 Å².